The number of esters is 1. The number of ether oxygens (including phenoxy) is 1. The summed E-state index contributed by atoms with van der Waals surface area (Å²) in [5.74, 6) is -0.496. The molecule has 126 valence electrons. The van der Waals surface area contributed by atoms with Gasteiger partial charge in [-0.05, 0) is 43.9 Å². The average Bonchev–Trinajstić information content (AvgIpc) is 3.02. The van der Waals surface area contributed by atoms with Crippen molar-refractivity contribution < 1.29 is 14.3 Å². The summed E-state index contributed by atoms with van der Waals surface area (Å²) >= 11 is 1.74. The van der Waals surface area contributed by atoms with Crippen LogP contribution in [0.5, 0.6) is 0 Å². The molecule has 1 aliphatic carbocycles. The number of benzene rings is 1. The molecule has 1 aliphatic rings. The fourth-order valence-corrected chi connectivity index (χ4v) is 3.95. The Hall–Kier alpha value is -2.21. The molecule has 0 saturated carbocycles. The zero-order valence-corrected chi connectivity index (χ0v) is 14.4. The third-order valence-electron chi connectivity index (χ3n) is 4.02. The zero-order chi connectivity index (χ0) is 16.9. The molecule has 0 spiro atoms. The highest BCUT2D eigenvalue weighted by molar-refractivity contribution is 7.11. The number of carbonyl (C=O) groups excluding carboxylic acids is 2. The molecule has 1 aromatic heterocycles. The lowest BCUT2D eigenvalue weighted by Crippen LogP contribution is -2.13. The van der Waals surface area contributed by atoms with E-state index >= 15 is 0 Å². The minimum Gasteiger partial charge on any atom is -0.465 e. The number of anilines is 1. The lowest BCUT2D eigenvalue weighted by molar-refractivity contribution is -0.116. The molecule has 6 heteroatoms. The van der Waals surface area contributed by atoms with Crippen molar-refractivity contribution >= 4 is 28.9 Å². The molecule has 0 aliphatic heterocycles. The fourth-order valence-electron chi connectivity index (χ4n) is 2.80. The monoisotopic (exact) mass is 344 g/mol. The van der Waals surface area contributed by atoms with Crippen LogP contribution in [0.2, 0.25) is 0 Å². The first kappa shape index (κ1) is 16.6. The van der Waals surface area contributed by atoms with Crippen molar-refractivity contribution in [1.82, 2.24) is 4.98 Å². The summed E-state index contributed by atoms with van der Waals surface area (Å²) in [5.41, 5.74) is 2.25. The van der Waals surface area contributed by atoms with Crippen LogP contribution >= 0.6 is 11.3 Å². The van der Waals surface area contributed by atoms with Gasteiger partial charge in [-0.15, -0.1) is 11.3 Å². The van der Waals surface area contributed by atoms with Crippen molar-refractivity contribution in [3.8, 4) is 0 Å². The highest BCUT2D eigenvalue weighted by Gasteiger charge is 2.15. The maximum absolute atomic E-state index is 12.1. The first-order valence-electron chi connectivity index (χ1n) is 8.11. The Bertz CT molecular complexity index is 731. The Morgan fingerprint density at radius 3 is 2.92 bits per heavy atom. The lowest BCUT2D eigenvalue weighted by atomic mass is 10.0. The van der Waals surface area contributed by atoms with Gasteiger partial charge in [0.15, 0.2) is 0 Å². The number of nitrogens with zero attached hydrogens (tertiary/aromatic N) is 1. The minimum absolute atomic E-state index is 0.0785. The first-order chi connectivity index (χ1) is 11.7. The topological polar surface area (TPSA) is 68.3 Å². The molecule has 0 bridgehead atoms. The molecule has 0 saturated heterocycles. The van der Waals surface area contributed by atoms with E-state index in [0.29, 0.717) is 24.1 Å². The van der Waals surface area contributed by atoms with Crippen molar-refractivity contribution in [2.45, 2.75) is 38.5 Å². The van der Waals surface area contributed by atoms with Crippen LogP contribution in [0.4, 0.5) is 5.69 Å². The number of carbonyl (C=O) groups is 2. The minimum atomic E-state index is -0.417. The van der Waals surface area contributed by atoms with Gasteiger partial charge in [-0.1, -0.05) is 6.07 Å². The number of hydrogen-bond donors (Lipinski definition) is 1. The number of amides is 1. The summed E-state index contributed by atoms with van der Waals surface area (Å²) in [4.78, 5) is 29.7. The molecule has 0 radical (unpaired) electrons. The highest BCUT2D eigenvalue weighted by atomic mass is 32.1. The van der Waals surface area contributed by atoms with E-state index in [0.717, 1.165) is 17.8 Å². The standard InChI is InChI=1S/C18H20N2O3S/c1-23-18(22)12-5-4-6-13(11-12)19-16(21)9-10-17-20-14-7-2-3-8-15(14)24-17/h4-6,11H,2-3,7-10H2,1H3,(H,19,21). The number of rotatable bonds is 5. The van der Waals surface area contributed by atoms with E-state index in [1.54, 1.807) is 35.6 Å². The Balaban J connectivity index is 1.56. The second-order valence-corrected chi connectivity index (χ2v) is 6.97. The largest absolute Gasteiger partial charge is 0.465 e. The molecule has 0 unspecified atom stereocenters. The Morgan fingerprint density at radius 1 is 1.29 bits per heavy atom. The second-order valence-electron chi connectivity index (χ2n) is 5.81. The molecule has 0 atom stereocenters. The fraction of sp³-hybridized carbons (Fsp3) is 0.389. The van der Waals surface area contributed by atoms with Gasteiger partial charge in [0.1, 0.15) is 0 Å². The summed E-state index contributed by atoms with van der Waals surface area (Å²) in [7, 11) is 1.33. The Kier molecular flexibility index (Phi) is 5.25. The lowest BCUT2D eigenvalue weighted by Gasteiger charge is -2.06. The van der Waals surface area contributed by atoms with Gasteiger partial charge in [0.05, 0.1) is 23.4 Å². The van der Waals surface area contributed by atoms with Gasteiger partial charge >= 0.3 is 5.97 Å². The molecule has 3 rings (SSSR count). The third kappa shape index (κ3) is 4.00. The number of hydrogen-bond acceptors (Lipinski definition) is 5. The van der Waals surface area contributed by atoms with Crippen LogP contribution in [0.25, 0.3) is 0 Å². The molecule has 1 heterocycles. The van der Waals surface area contributed by atoms with Crippen LogP contribution in [-0.4, -0.2) is 24.0 Å². The number of aryl methyl sites for hydroxylation is 3. The number of fused-ring (bicyclic) bond motifs is 1. The first-order valence-corrected chi connectivity index (χ1v) is 8.93. The molecule has 5 nitrogen and oxygen atoms in total. The molecule has 0 fully saturated rings. The molecule has 1 aromatic carbocycles. The van der Waals surface area contributed by atoms with E-state index in [1.807, 2.05) is 0 Å². The van der Waals surface area contributed by atoms with E-state index in [9.17, 15) is 9.59 Å². The predicted molar refractivity (Wildman–Crippen MR) is 93.5 cm³/mol. The van der Waals surface area contributed by atoms with Gasteiger partial charge in [-0.2, -0.15) is 0 Å². The van der Waals surface area contributed by atoms with Crippen molar-refractivity contribution in [3.63, 3.8) is 0 Å². The summed E-state index contributed by atoms with van der Waals surface area (Å²) in [6.07, 6.45) is 5.69. The van der Waals surface area contributed by atoms with Gasteiger partial charge in [0.25, 0.3) is 0 Å². The van der Waals surface area contributed by atoms with Crippen LogP contribution in [0.3, 0.4) is 0 Å². The Morgan fingerprint density at radius 2 is 2.12 bits per heavy atom. The number of thiazole rings is 1. The molecule has 24 heavy (non-hydrogen) atoms. The number of aromatic nitrogens is 1. The highest BCUT2D eigenvalue weighted by Crippen LogP contribution is 2.27. The van der Waals surface area contributed by atoms with E-state index < -0.39 is 5.97 Å². The van der Waals surface area contributed by atoms with Crippen molar-refractivity contribution in [3.05, 3.63) is 45.4 Å². The third-order valence-corrected chi connectivity index (χ3v) is 5.24. The van der Waals surface area contributed by atoms with Crippen molar-refractivity contribution in [2.24, 2.45) is 0 Å². The van der Waals surface area contributed by atoms with Crippen LogP contribution in [0.15, 0.2) is 24.3 Å². The molecular formula is C18H20N2O3S. The van der Waals surface area contributed by atoms with Crippen LogP contribution < -0.4 is 5.32 Å². The molecular weight excluding hydrogens is 324 g/mol. The van der Waals surface area contributed by atoms with Gasteiger partial charge in [0, 0.05) is 23.4 Å². The van der Waals surface area contributed by atoms with Crippen LogP contribution in [-0.2, 0) is 28.8 Å². The predicted octanol–water partition coefficient (Wildman–Crippen LogP) is 3.38. The maximum Gasteiger partial charge on any atom is 0.337 e. The van der Waals surface area contributed by atoms with Crippen molar-refractivity contribution in [1.29, 1.82) is 0 Å². The average molecular weight is 344 g/mol. The molecule has 2 aromatic rings. The Labute approximate surface area is 145 Å². The zero-order valence-electron chi connectivity index (χ0n) is 13.6. The number of nitrogens with one attached hydrogen (secondary N) is 1. The molecule has 1 N–H and O–H groups in total. The SMILES string of the molecule is COC(=O)c1cccc(NC(=O)CCc2nc3c(s2)CCCC3)c1. The normalized spacial score (nSPS) is 13.2. The molecule has 1 amide bonds. The van der Waals surface area contributed by atoms with E-state index in [-0.39, 0.29) is 5.91 Å². The van der Waals surface area contributed by atoms with Gasteiger partial charge in [-0.25, -0.2) is 9.78 Å². The summed E-state index contributed by atoms with van der Waals surface area (Å²) < 4.78 is 4.68. The van der Waals surface area contributed by atoms with Crippen molar-refractivity contribution in [2.75, 3.05) is 12.4 Å². The number of methoxy groups -OCH3 is 1. The van der Waals surface area contributed by atoms with Gasteiger partial charge in [0.2, 0.25) is 5.91 Å². The van der Waals surface area contributed by atoms with Crippen LogP contribution in [0.1, 0.15) is 45.2 Å². The van der Waals surface area contributed by atoms with E-state index in [2.05, 4.69) is 15.0 Å². The van der Waals surface area contributed by atoms with E-state index in [1.165, 1.54) is 30.5 Å². The van der Waals surface area contributed by atoms with E-state index in [4.69, 9.17) is 0 Å². The smallest absolute Gasteiger partial charge is 0.337 e. The van der Waals surface area contributed by atoms with Gasteiger partial charge in [-0.3, -0.25) is 4.79 Å². The summed E-state index contributed by atoms with van der Waals surface area (Å²) in [5, 5.41) is 3.87. The second kappa shape index (κ2) is 7.57. The summed E-state index contributed by atoms with van der Waals surface area (Å²) in [6, 6.07) is 6.75. The maximum atomic E-state index is 12.1. The quantitative estimate of drug-likeness (QED) is 0.844. The van der Waals surface area contributed by atoms with Gasteiger partial charge < -0.3 is 10.1 Å². The van der Waals surface area contributed by atoms with Crippen LogP contribution in [0, 0.1) is 0 Å². The summed E-state index contributed by atoms with van der Waals surface area (Å²) in [6.45, 7) is 0.